The first-order valence-electron chi connectivity index (χ1n) is 9.62. The summed E-state index contributed by atoms with van der Waals surface area (Å²) in [6.07, 6.45) is 0. The Morgan fingerprint density at radius 1 is 0.808 bits per heavy atom. The van der Waals surface area contributed by atoms with Crippen LogP contribution < -0.4 is 16.4 Å². The van der Waals surface area contributed by atoms with Gasteiger partial charge in [0.25, 0.3) is 0 Å². The summed E-state index contributed by atoms with van der Waals surface area (Å²) in [5, 5.41) is 7.02. The largest absolute Gasteiger partial charge is 0.329 e. The van der Waals surface area contributed by atoms with Crippen LogP contribution in [0, 0.1) is 13.8 Å². The van der Waals surface area contributed by atoms with Crippen LogP contribution in [0.25, 0.3) is 0 Å². The summed E-state index contributed by atoms with van der Waals surface area (Å²) in [5.74, 6) is 0. The molecule has 0 fully saturated rings. The normalized spacial score (nSPS) is 11.2. The van der Waals surface area contributed by atoms with Crippen molar-refractivity contribution < 1.29 is 0 Å². The number of nitrogens with two attached hydrogens (primary N) is 1. The Morgan fingerprint density at radius 2 is 1.46 bits per heavy atom. The highest BCUT2D eigenvalue weighted by molar-refractivity contribution is 5.22. The van der Waals surface area contributed by atoms with Gasteiger partial charge in [0, 0.05) is 52.4 Å². The van der Waals surface area contributed by atoms with Crippen molar-refractivity contribution in [1.82, 2.24) is 15.5 Å². The Balaban J connectivity index is 1.60. The minimum Gasteiger partial charge on any atom is -0.329 e. The van der Waals surface area contributed by atoms with Gasteiger partial charge in [0.2, 0.25) is 0 Å². The van der Waals surface area contributed by atoms with E-state index in [4.69, 9.17) is 5.73 Å². The van der Waals surface area contributed by atoms with Gasteiger partial charge in [-0.3, -0.25) is 4.90 Å². The number of aryl methyl sites for hydroxylation is 2. The summed E-state index contributed by atoms with van der Waals surface area (Å²) in [6, 6.07) is 17.4. The molecule has 0 spiro atoms. The van der Waals surface area contributed by atoms with E-state index < -0.39 is 0 Å². The van der Waals surface area contributed by atoms with Crippen molar-refractivity contribution in [3.05, 3.63) is 70.8 Å². The molecule has 0 aliphatic carbocycles. The zero-order chi connectivity index (χ0) is 18.6. The van der Waals surface area contributed by atoms with Crippen molar-refractivity contribution in [3.63, 3.8) is 0 Å². The number of nitrogens with one attached hydrogen (secondary N) is 2. The van der Waals surface area contributed by atoms with Gasteiger partial charge in [-0.2, -0.15) is 0 Å². The van der Waals surface area contributed by atoms with Gasteiger partial charge in [0.05, 0.1) is 0 Å². The topological polar surface area (TPSA) is 53.3 Å². The van der Waals surface area contributed by atoms with E-state index in [1.54, 1.807) is 0 Å². The van der Waals surface area contributed by atoms with E-state index in [-0.39, 0.29) is 0 Å². The molecule has 0 bridgehead atoms. The van der Waals surface area contributed by atoms with Gasteiger partial charge in [-0.25, -0.2) is 0 Å². The third-order valence-electron chi connectivity index (χ3n) is 4.43. The molecule has 4 N–H and O–H groups in total. The average molecular weight is 355 g/mol. The highest BCUT2D eigenvalue weighted by atomic mass is 15.1. The van der Waals surface area contributed by atoms with Crippen molar-refractivity contribution >= 4 is 0 Å². The fraction of sp³-hybridized carbons (Fsp3) is 0.455. The molecule has 0 unspecified atom stereocenters. The molecule has 0 saturated heterocycles. The molecule has 0 aromatic heterocycles. The van der Waals surface area contributed by atoms with Gasteiger partial charge in [0.15, 0.2) is 0 Å². The Hall–Kier alpha value is -1.72. The van der Waals surface area contributed by atoms with Crippen LogP contribution in [-0.2, 0) is 13.1 Å². The monoisotopic (exact) mass is 354 g/mol. The third kappa shape index (κ3) is 8.11. The van der Waals surface area contributed by atoms with E-state index in [1.165, 1.54) is 22.3 Å². The van der Waals surface area contributed by atoms with Crippen molar-refractivity contribution in [2.45, 2.75) is 26.9 Å². The molecule has 2 aromatic carbocycles. The summed E-state index contributed by atoms with van der Waals surface area (Å²) in [7, 11) is 0. The van der Waals surface area contributed by atoms with Crippen LogP contribution in [0.3, 0.4) is 0 Å². The summed E-state index contributed by atoms with van der Waals surface area (Å²) in [6.45, 7) is 11.8. The lowest BCUT2D eigenvalue weighted by Crippen LogP contribution is -2.37. The van der Waals surface area contributed by atoms with Gasteiger partial charge in [-0.1, -0.05) is 59.7 Å². The molecule has 0 saturated carbocycles. The van der Waals surface area contributed by atoms with Crippen LogP contribution in [-0.4, -0.2) is 44.2 Å². The quantitative estimate of drug-likeness (QED) is 0.513. The van der Waals surface area contributed by atoms with E-state index in [0.717, 1.165) is 45.8 Å². The van der Waals surface area contributed by atoms with Crippen LogP contribution in [0.4, 0.5) is 0 Å². The van der Waals surface area contributed by atoms with Gasteiger partial charge in [-0.15, -0.1) is 0 Å². The lowest BCUT2D eigenvalue weighted by molar-refractivity contribution is 0.272. The molecular weight excluding hydrogens is 320 g/mol. The molecule has 4 nitrogen and oxygen atoms in total. The van der Waals surface area contributed by atoms with Crippen LogP contribution in [0.15, 0.2) is 48.5 Å². The molecule has 0 radical (unpaired) electrons. The van der Waals surface area contributed by atoms with Crippen molar-refractivity contribution in [2.75, 3.05) is 39.3 Å². The molecule has 0 aliphatic rings. The third-order valence-corrected chi connectivity index (χ3v) is 4.43. The second kappa shape index (κ2) is 11.8. The van der Waals surface area contributed by atoms with Crippen molar-refractivity contribution in [3.8, 4) is 0 Å². The molecule has 0 amide bonds. The van der Waals surface area contributed by atoms with Crippen LogP contribution >= 0.6 is 0 Å². The Labute approximate surface area is 158 Å². The second-order valence-corrected chi connectivity index (χ2v) is 6.97. The van der Waals surface area contributed by atoms with E-state index in [9.17, 15) is 0 Å². The highest BCUT2D eigenvalue weighted by Crippen LogP contribution is 2.07. The molecule has 2 rings (SSSR count). The molecule has 0 heterocycles. The molecule has 26 heavy (non-hydrogen) atoms. The average Bonchev–Trinajstić information content (AvgIpc) is 2.61. The maximum atomic E-state index is 5.78. The maximum absolute atomic E-state index is 5.78. The number of hydrogen-bond donors (Lipinski definition) is 3. The number of hydrogen-bond acceptors (Lipinski definition) is 4. The zero-order valence-electron chi connectivity index (χ0n) is 16.3. The molecule has 4 heteroatoms. The van der Waals surface area contributed by atoms with Crippen molar-refractivity contribution in [1.29, 1.82) is 0 Å². The Bertz CT molecular complexity index is 642. The minimum atomic E-state index is 0.698. The van der Waals surface area contributed by atoms with E-state index in [2.05, 4.69) is 77.9 Å². The lowest BCUT2D eigenvalue weighted by atomic mass is 10.1. The molecule has 0 atom stereocenters. The van der Waals surface area contributed by atoms with E-state index in [0.29, 0.717) is 6.54 Å². The number of benzene rings is 2. The standard InChI is InChI=1S/C22H34N4/c1-19-5-3-7-21(15-19)17-25-11-10-24-12-14-26(13-9-23)18-22-8-4-6-20(2)16-22/h3-8,15-16,24-25H,9-14,17-18,23H2,1-2H3. The smallest absolute Gasteiger partial charge is 0.0234 e. The van der Waals surface area contributed by atoms with E-state index >= 15 is 0 Å². The first kappa shape index (κ1) is 20.6. The Morgan fingerprint density at radius 3 is 2.15 bits per heavy atom. The minimum absolute atomic E-state index is 0.698. The molecule has 2 aromatic rings. The van der Waals surface area contributed by atoms with E-state index in [1.807, 2.05) is 0 Å². The first-order valence-corrected chi connectivity index (χ1v) is 9.62. The van der Waals surface area contributed by atoms with Crippen LogP contribution in [0.1, 0.15) is 22.3 Å². The maximum Gasteiger partial charge on any atom is 0.0234 e. The van der Waals surface area contributed by atoms with Gasteiger partial charge >= 0.3 is 0 Å². The fourth-order valence-electron chi connectivity index (χ4n) is 3.11. The molecule has 142 valence electrons. The lowest BCUT2D eigenvalue weighted by Gasteiger charge is -2.22. The second-order valence-electron chi connectivity index (χ2n) is 6.97. The summed E-state index contributed by atoms with van der Waals surface area (Å²) in [4.78, 5) is 2.42. The predicted molar refractivity (Wildman–Crippen MR) is 111 cm³/mol. The number of rotatable bonds is 12. The molecular formula is C22H34N4. The van der Waals surface area contributed by atoms with Gasteiger partial charge in [-0.05, 0) is 25.0 Å². The fourth-order valence-corrected chi connectivity index (χ4v) is 3.11. The van der Waals surface area contributed by atoms with Gasteiger partial charge in [0.1, 0.15) is 0 Å². The van der Waals surface area contributed by atoms with Crippen LogP contribution in [0.5, 0.6) is 0 Å². The van der Waals surface area contributed by atoms with Gasteiger partial charge < -0.3 is 16.4 Å². The first-order chi connectivity index (χ1) is 12.7. The zero-order valence-corrected chi connectivity index (χ0v) is 16.3. The number of nitrogens with zero attached hydrogens (tertiary/aromatic N) is 1. The highest BCUT2D eigenvalue weighted by Gasteiger charge is 2.05. The Kier molecular flexibility index (Phi) is 9.35. The van der Waals surface area contributed by atoms with Crippen molar-refractivity contribution in [2.24, 2.45) is 5.73 Å². The summed E-state index contributed by atoms with van der Waals surface area (Å²) >= 11 is 0. The SMILES string of the molecule is Cc1cccc(CNCCNCCN(CCN)Cc2cccc(C)c2)c1. The predicted octanol–water partition coefficient (Wildman–Crippen LogP) is 2.44. The molecule has 0 aliphatic heterocycles. The summed E-state index contributed by atoms with van der Waals surface area (Å²) < 4.78 is 0. The van der Waals surface area contributed by atoms with Crippen LogP contribution in [0.2, 0.25) is 0 Å². The summed E-state index contributed by atoms with van der Waals surface area (Å²) in [5.41, 5.74) is 11.1.